The molecule has 0 spiro atoms. The second kappa shape index (κ2) is 7.95. The predicted octanol–water partition coefficient (Wildman–Crippen LogP) is 3.32. The number of aryl methyl sites for hydroxylation is 1. The lowest BCUT2D eigenvalue weighted by molar-refractivity contribution is -0.142. The first-order valence-electron chi connectivity index (χ1n) is 10.8. The number of amidine groups is 1. The number of nitrogens with zero attached hydrogens (tertiary/aromatic N) is 5. The quantitative estimate of drug-likeness (QED) is 0.553. The monoisotopic (exact) mass is 447 g/mol. The molecule has 2 fully saturated rings. The van der Waals surface area contributed by atoms with Crippen LogP contribution in [0, 0.1) is 12.3 Å². The van der Waals surface area contributed by atoms with Gasteiger partial charge in [-0.25, -0.2) is 19.9 Å². The number of aliphatic imine (C=N–C) groups is 1. The molecule has 0 radical (unpaired) electrons. The van der Waals surface area contributed by atoms with Gasteiger partial charge in [0, 0.05) is 43.5 Å². The van der Waals surface area contributed by atoms with E-state index >= 15 is 0 Å². The Bertz CT molecular complexity index is 1070. The Hall–Kier alpha value is -2.82. The zero-order valence-electron chi connectivity index (χ0n) is 17.7. The molecule has 0 amide bonds. The molecule has 2 N–H and O–H groups in total. The summed E-state index contributed by atoms with van der Waals surface area (Å²) in [7, 11) is 0. The Balaban J connectivity index is 1.53. The van der Waals surface area contributed by atoms with Crippen LogP contribution in [0.5, 0.6) is 0 Å². The molecule has 4 heterocycles. The standard InChI is InChI=1S/C21H24F3N7O/c1-11-27-16(13-5-7-32-9-13)17(28-11)20(26-10-25)31-6-4-15-14(8-31)18(21(22,23)24)30-19(29-15)12-2-3-12/h10,12-13,25H,2-9H2,1H3,(H,27,28)/b25-10?,26-20+/t13-/m1/s1. The van der Waals surface area contributed by atoms with Crippen LogP contribution in [0.2, 0.25) is 0 Å². The van der Waals surface area contributed by atoms with E-state index in [2.05, 4.69) is 24.9 Å². The highest BCUT2D eigenvalue weighted by atomic mass is 19.4. The summed E-state index contributed by atoms with van der Waals surface area (Å²) in [6, 6.07) is 0. The van der Waals surface area contributed by atoms with Crippen molar-refractivity contribution < 1.29 is 17.9 Å². The van der Waals surface area contributed by atoms with Crippen molar-refractivity contribution >= 4 is 12.2 Å². The highest BCUT2D eigenvalue weighted by Gasteiger charge is 2.41. The minimum absolute atomic E-state index is 0.0273. The smallest absolute Gasteiger partial charge is 0.381 e. The lowest BCUT2D eigenvalue weighted by Crippen LogP contribution is -2.39. The number of aromatic nitrogens is 4. The van der Waals surface area contributed by atoms with E-state index in [1.807, 2.05) is 6.92 Å². The molecule has 1 atom stereocenters. The highest BCUT2D eigenvalue weighted by Crippen LogP contribution is 2.41. The van der Waals surface area contributed by atoms with Crippen LogP contribution < -0.4 is 0 Å². The van der Waals surface area contributed by atoms with Gasteiger partial charge in [-0.05, 0) is 26.2 Å². The molecule has 8 nitrogen and oxygen atoms in total. The van der Waals surface area contributed by atoms with Crippen molar-refractivity contribution in [3.05, 3.63) is 40.0 Å². The van der Waals surface area contributed by atoms with E-state index in [4.69, 9.17) is 10.1 Å². The van der Waals surface area contributed by atoms with Crippen molar-refractivity contribution in [1.82, 2.24) is 24.8 Å². The van der Waals surface area contributed by atoms with E-state index in [-0.39, 0.29) is 23.9 Å². The normalized spacial score (nSPS) is 21.7. The number of nitrogens with one attached hydrogen (secondary N) is 2. The Morgan fingerprint density at radius 3 is 2.69 bits per heavy atom. The van der Waals surface area contributed by atoms with Crippen LogP contribution in [0.4, 0.5) is 13.2 Å². The van der Waals surface area contributed by atoms with Gasteiger partial charge in [-0.3, -0.25) is 5.41 Å². The number of H-pyrrole nitrogens is 1. The van der Waals surface area contributed by atoms with Crippen LogP contribution in [0.3, 0.4) is 0 Å². The first-order chi connectivity index (χ1) is 15.3. The summed E-state index contributed by atoms with van der Waals surface area (Å²) in [5.41, 5.74) is 1.11. The maximum atomic E-state index is 13.9. The highest BCUT2D eigenvalue weighted by molar-refractivity contribution is 6.02. The summed E-state index contributed by atoms with van der Waals surface area (Å²) in [5, 5.41) is 7.55. The number of hydrogen-bond acceptors (Lipinski definition) is 5. The molecule has 2 aromatic rings. The number of fused-ring (bicyclic) bond motifs is 1. The van der Waals surface area contributed by atoms with Gasteiger partial charge in [-0.2, -0.15) is 13.2 Å². The molecule has 2 aliphatic heterocycles. The minimum atomic E-state index is -4.56. The molecule has 5 rings (SSSR count). The number of hydrogen-bond donors (Lipinski definition) is 2. The topological polar surface area (TPSA) is 103 Å². The Morgan fingerprint density at radius 1 is 1.22 bits per heavy atom. The molecule has 1 aliphatic carbocycles. The van der Waals surface area contributed by atoms with Crippen LogP contribution in [-0.2, 0) is 23.9 Å². The molecule has 0 bridgehead atoms. The molecule has 11 heteroatoms. The second-order valence-corrected chi connectivity index (χ2v) is 8.52. The summed E-state index contributed by atoms with van der Waals surface area (Å²) in [5.74, 6) is 1.53. The maximum absolute atomic E-state index is 13.9. The summed E-state index contributed by atoms with van der Waals surface area (Å²) < 4.78 is 47.2. The molecule has 0 unspecified atom stereocenters. The third-order valence-corrected chi connectivity index (χ3v) is 6.17. The van der Waals surface area contributed by atoms with E-state index in [1.54, 1.807) is 4.90 Å². The fourth-order valence-electron chi connectivity index (χ4n) is 4.46. The average molecular weight is 447 g/mol. The van der Waals surface area contributed by atoms with E-state index in [0.717, 1.165) is 31.3 Å². The third kappa shape index (κ3) is 3.89. The van der Waals surface area contributed by atoms with Gasteiger partial charge in [0.05, 0.1) is 18.0 Å². The fraction of sp³-hybridized carbons (Fsp3) is 0.571. The first kappa shape index (κ1) is 21.0. The van der Waals surface area contributed by atoms with Crippen LogP contribution >= 0.6 is 0 Å². The van der Waals surface area contributed by atoms with Gasteiger partial charge in [0.15, 0.2) is 11.5 Å². The van der Waals surface area contributed by atoms with Gasteiger partial charge in [0.2, 0.25) is 0 Å². The molecule has 2 aromatic heterocycles. The van der Waals surface area contributed by atoms with Gasteiger partial charge < -0.3 is 14.6 Å². The Labute approximate surface area is 182 Å². The van der Waals surface area contributed by atoms with Crippen molar-refractivity contribution in [1.29, 1.82) is 5.41 Å². The van der Waals surface area contributed by atoms with Crippen molar-refractivity contribution in [2.24, 2.45) is 4.99 Å². The number of imidazole rings is 1. The molecule has 3 aliphatic rings. The summed E-state index contributed by atoms with van der Waals surface area (Å²) in [4.78, 5) is 22.2. The van der Waals surface area contributed by atoms with Crippen molar-refractivity contribution in [3.63, 3.8) is 0 Å². The van der Waals surface area contributed by atoms with Crippen molar-refractivity contribution in [2.45, 2.75) is 57.2 Å². The number of alkyl halides is 3. The van der Waals surface area contributed by atoms with Crippen LogP contribution in [0.25, 0.3) is 0 Å². The van der Waals surface area contributed by atoms with Crippen LogP contribution in [0.1, 0.15) is 71.1 Å². The molecule has 1 saturated carbocycles. The lowest BCUT2D eigenvalue weighted by Gasteiger charge is -2.32. The number of ether oxygens (including phenoxy) is 1. The van der Waals surface area contributed by atoms with Gasteiger partial charge in [-0.15, -0.1) is 0 Å². The van der Waals surface area contributed by atoms with E-state index in [1.165, 1.54) is 0 Å². The van der Waals surface area contributed by atoms with E-state index < -0.39 is 11.9 Å². The van der Waals surface area contributed by atoms with Gasteiger partial charge >= 0.3 is 6.18 Å². The van der Waals surface area contributed by atoms with Gasteiger partial charge in [0.25, 0.3) is 0 Å². The second-order valence-electron chi connectivity index (χ2n) is 8.52. The largest absolute Gasteiger partial charge is 0.433 e. The van der Waals surface area contributed by atoms with Crippen LogP contribution in [-0.4, -0.2) is 56.8 Å². The number of rotatable bonds is 4. The average Bonchev–Trinajstić information content (AvgIpc) is 3.32. The molecular formula is C21H24F3N7O. The zero-order chi connectivity index (χ0) is 22.5. The third-order valence-electron chi connectivity index (χ3n) is 6.17. The minimum Gasteiger partial charge on any atom is -0.381 e. The summed E-state index contributed by atoms with van der Waals surface area (Å²) >= 11 is 0. The maximum Gasteiger partial charge on any atom is 0.433 e. The molecule has 32 heavy (non-hydrogen) atoms. The molecular weight excluding hydrogens is 423 g/mol. The van der Waals surface area contributed by atoms with Gasteiger partial charge in [-0.1, -0.05) is 0 Å². The first-order valence-corrected chi connectivity index (χ1v) is 10.8. The molecule has 1 saturated heterocycles. The Kier molecular flexibility index (Phi) is 5.23. The molecule has 170 valence electrons. The number of halogens is 3. The number of aromatic amines is 1. The van der Waals surface area contributed by atoms with Gasteiger partial charge in [0.1, 0.15) is 23.7 Å². The summed E-state index contributed by atoms with van der Waals surface area (Å²) in [6.07, 6.45) is -0.806. The van der Waals surface area contributed by atoms with Crippen molar-refractivity contribution in [3.8, 4) is 0 Å². The van der Waals surface area contributed by atoms with E-state index in [0.29, 0.717) is 55.1 Å². The zero-order valence-corrected chi connectivity index (χ0v) is 17.7. The van der Waals surface area contributed by atoms with Crippen molar-refractivity contribution in [2.75, 3.05) is 19.8 Å². The fourth-order valence-corrected chi connectivity index (χ4v) is 4.46. The lowest BCUT2D eigenvalue weighted by atomic mass is 10.00. The van der Waals surface area contributed by atoms with E-state index in [9.17, 15) is 13.2 Å². The molecule has 0 aromatic carbocycles. The summed E-state index contributed by atoms with van der Waals surface area (Å²) in [6.45, 7) is 3.41. The Morgan fingerprint density at radius 2 is 2.03 bits per heavy atom. The predicted molar refractivity (Wildman–Crippen MR) is 110 cm³/mol. The SMILES string of the molecule is Cc1nc([C@@H]2CCOC2)c(/C(=N\C=N)N2CCc3nc(C4CC4)nc(C(F)(F)F)c3C2)[nH]1. The van der Waals surface area contributed by atoms with Crippen LogP contribution in [0.15, 0.2) is 4.99 Å².